The van der Waals surface area contributed by atoms with E-state index in [-0.39, 0.29) is 10.6 Å². The number of ether oxygens (including phenoxy) is 3. The van der Waals surface area contributed by atoms with Gasteiger partial charge in [-0.05, 0) is 73.9 Å². The van der Waals surface area contributed by atoms with Crippen molar-refractivity contribution < 1.29 is 27.4 Å². The highest BCUT2D eigenvalue weighted by Crippen LogP contribution is 2.32. The van der Waals surface area contributed by atoms with Crippen LogP contribution in [0.1, 0.15) is 18.9 Å². The standard InChI is InChI=1S/C27H31ClN2O6S/c1-4-36-23-13-7-20(8-14-23)6-5-17-29-27(31)19-30(22-11-9-21(28)10-12-22)37(32,33)24-15-16-25(34-2)26(18-24)35-3/h7-16,18H,4-6,17,19H2,1-3H3,(H,29,31). The van der Waals surface area contributed by atoms with Gasteiger partial charge in [0, 0.05) is 17.6 Å². The van der Waals surface area contributed by atoms with Crippen LogP contribution in [0.5, 0.6) is 17.2 Å². The van der Waals surface area contributed by atoms with Crippen LogP contribution in [-0.2, 0) is 21.2 Å². The molecule has 1 N–H and O–H groups in total. The second-order valence-electron chi connectivity index (χ2n) is 8.04. The van der Waals surface area contributed by atoms with Crippen LogP contribution < -0.4 is 23.8 Å². The number of hydrogen-bond acceptors (Lipinski definition) is 6. The molecule has 0 aliphatic heterocycles. The summed E-state index contributed by atoms with van der Waals surface area (Å²) in [5.41, 5.74) is 1.43. The zero-order valence-corrected chi connectivity index (χ0v) is 22.6. The summed E-state index contributed by atoms with van der Waals surface area (Å²) < 4.78 is 44.2. The molecule has 0 fully saturated rings. The van der Waals surface area contributed by atoms with E-state index in [4.69, 9.17) is 25.8 Å². The largest absolute Gasteiger partial charge is 0.494 e. The summed E-state index contributed by atoms with van der Waals surface area (Å²) in [4.78, 5) is 12.8. The summed E-state index contributed by atoms with van der Waals surface area (Å²) in [5.74, 6) is 1.05. The highest BCUT2D eigenvalue weighted by Gasteiger charge is 2.28. The second-order valence-corrected chi connectivity index (χ2v) is 10.3. The number of carbonyl (C=O) groups is 1. The van der Waals surface area contributed by atoms with Gasteiger partial charge in [-0.2, -0.15) is 0 Å². The van der Waals surface area contributed by atoms with Gasteiger partial charge in [-0.3, -0.25) is 9.10 Å². The molecule has 37 heavy (non-hydrogen) atoms. The molecule has 0 aliphatic carbocycles. The van der Waals surface area contributed by atoms with Crippen LogP contribution >= 0.6 is 11.6 Å². The van der Waals surface area contributed by atoms with E-state index < -0.39 is 22.5 Å². The zero-order chi connectivity index (χ0) is 26.8. The molecule has 3 rings (SSSR count). The maximum absolute atomic E-state index is 13.6. The first kappa shape index (κ1) is 28.1. The Morgan fingerprint density at radius 3 is 2.24 bits per heavy atom. The van der Waals surface area contributed by atoms with E-state index >= 15 is 0 Å². The van der Waals surface area contributed by atoms with Crippen molar-refractivity contribution in [3.8, 4) is 17.2 Å². The number of nitrogens with zero attached hydrogens (tertiary/aromatic N) is 1. The number of nitrogens with one attached hydrogen (secondary N) is 1. The van der Waals surface area contributed by atoms with Crippen molar-refractivity contribution in [2.75, 3.05) is 38.2 Å². The highest BCUT2D eigenvalue weighted by molar-refractivity contribution is 7.92. The van der Waals surface area contributed by atoms with E-state index in [1.807, 2.05) is 31.2 Å². The molecule has 0 saturated carbocycles. The number of methoxy groups -OCH3 is 2. The molecule has 0 saturated heterocycles. The second kappa shape index (κ2) is 13.2. The van der Waals surface area contributed by atoms with Gasteiger partial charge in [-0.1, -0.05) is 23.7 Å². The first-order chi connectivity index (χ1) is 17.8. The molecule has 0 aromatic heterocycles. The lowest BCUT2D eigenvalue weighted by atomic mass is 10.1. The number of anilines is 1. The van der Waals surface area contributed by atoms with E-state index in [1.165, 1.54) is 32.4 Å². The van der Waals surface area contributed by atoms with Gasteiger partial charge in [0.15, 0.2) is 11.5 Å². The van der Waals surface area contributed by atoms with Crippen molar-refractivity contribution in [3.05, 3.63) is 77.3 Å². The summed E-state index contributed by atoms with van der Waals surface area (Å²) in [6.07, 6.45) is 1.46. The number of halogens is 1. The first-order valence-corrected chi connectivity index (χ1v) is 13.6. The molecule has 0 spiro atoms. The predicted octanol–water partition coefficient (Wildman–Crippen LogP) is 4.70. The maximum Gasteiger partial charge on any atom is 0.264 e. The van der Waals surface area contributed by atoms with Crippen molar-refractivity contribution in [2.45, 2.75) is 24.7 Å². The van der Waals surface area contributed by atoms with Gasteiger partial charge in [0.2, 0.25) is 5.91 Å². The molecule has 10 heteroatoms. The summed E-state index contributed by atoms with van der Waals surface area (Å²) >= 11 is 6.00. The molecule has 1 amide bonds. The van der Waals surface area contributed by atoms with Crippen molar-refractivity contribution in [1.29, 1.82) is 0 Å². The minimum absolute atomic E-state index is 0.0385. The topological polar surface area (TPSA) is 94.2 Å². The maximum atomic E-state index is 13.6. The van der Waals surface area contributed by atoms with Gasteiger partial charge in [-0.15, -0.1) is 0 Å². The summed E-state index contributed by atoms with van der Waals surface area (Å²) in [6, 6.07) is 18.4. The Morgan fingerprint density at radius 1 is 0.946 bits per heavy atom. The highest BCUT2D eigenvalue weighted by atomic mass is 35.5. The molecule has 3 aromatic carbocycles. The average molecular weight is 547 g/mol. The van der Waals surface area contributed by atoms with Gasteiger partial charge in [-0.25, -0.2) is 8.42 Å². The number of amides is 1. The number of rotatable bonds is 13. The van der Waals surface area contributed by atoms with Crippen LogP contribution in [0.15, 0.2) is 71.6 Å². The number of aryl methyl sites for hydroxylation is 1. The SMILES string of the molecule is CCOc1ccc(CCCNC(=O)CN(c2ccc(Cl)cc2)S(=O)(=O)c2ccc(OC)c(OC)c2)cc1. The van der Waals surface area contributed by atoms with E-state index in [1.54, 1.807) is 24.3 Å². The molecule has 0 bridgehead atoms. The van der Waals surface area contributed by atoms with Crippen LogP contribution in [0, 0.1) is 0 Å². The minimum Gasteiger partial charge on any atom is -0.494 e. The predicted molar refractivity (Wildman–Crippen MR) is 144 cm³/mol. The summed E-state index contributed by atoms with van der Waals surface area (Å²) in [7, 11) is -1.23. The number of benzene rings is 3. The van der Waals surface area contributed by atoms with E-state index in [9.17, 15) is 13.2 Å². The number of sulfonamides is 1. The third-order valence-electron chi connectivity index (χ3n) is 5.54. The molecule has 3 aromatic rings. The molecular weight excluding hydrogens is 516 g/mol. The van der Waals surface area contributed by atoms with Crippen LogP contribution in [0.4, 0.5) is 5.69 Å². The fraction of sp³-hybridized carbons (Fsp3) is 0.296. The molecule has 0 radical (unpaired) electrons. The lowest BCUT2D eigenvalue weighted by Gasteiger charge is -2.24. The van der Waals surface area contributed by atoms with Gasteiger partial charge in [0.05, 0.1) is 31.4 Å². The zero-order valence-electron chi connectivity index (χ0n) is 21.1. The van der Waals surface area contributed by atoms with E-state index in [0.717, 1.165) is 22.0 Å². The Bertz CT molecular complexity index is 1280. The third kappa shape index (κ3) is 7.53. The Kier molecular flexibility index (Phi) is 10.0. The summed E-state index contributed by atoms with van der Waals surface area (Å²) in [5, 5.41) is 3.27. The average Bonchev–Trinajstić information content (AvgIpc) is 2.91. The van der Waals surface area contributed by atoms with Gasteiger partial charge >= 0.3 is 0 Å². The van der Waals surface area contributed by atoms with E-state index in [2.05, 4.69) is 5.32 Å². The number of carbonyl (C=O) groups excluding carboxylic acids is 1. The smallest absolute Gasteiger partial charge is 0.264 e. The normalized spacial score (nSPS) is 11.0. The molecule has 0 atom stereocenters. The molecule has 8 nitrogen and oxygen atoms in total. The Balaban J connectivity index is 1.71. The van der Waals surface area contributed by atoms with Gasteiger partial charge < -0.3 is 19.5 Å². The van der Waals surface area contributed by atoms with Crippen molar-refractivity contribution in [2.24, 2.45) is 0 Å². The summed E-state index contributed by atoms with van der Waals surface area (Å²) in [6.45, 7) is 2.54. The Morgan fingerprint density at radius 2 is 1.62 bits per heavy atom. The van der Waals surface area contributed by atoms with Gasteiger partial charge in [0.1, 0.15) is 12.3 Å². The molecule has 0 heterocycles. The fourth-order valence-corrected chi connectivity index (χ4v) is 5.22. The minimum atomic E-state index is -4.12. The molecular formula is C27H31ClN2O6S. The Hall–Kier alpha value is -3.43. The molecule has 0 aliphatic rings. The fourth-order valence-electron chi connectivity index (χ4n) is 3.65. The lowest BCUT2D eigenvalue weighted by Crippen LogP contribution is -2.41. The van der Waals surface area contributed by atoms with Crippen molar-refractivity contribution in [3.63, 3.8) is 0 Å². The van der Waals surface area contributed by atoms with Gasteiger partial charge in [0.25, 0.3) is 10.0 Å². The van der Waals surface area contributed by atoms with Crippen molar-refractivity contribution >= 4 is 33.2 Å². The van der Waals surface area contributed by atoms with Crippen LogP contribution in [-0.4, -0.2) is 48.2 Å². The quantitative estimate of drug-likeness (QED) is 0.312. The number of hydrogen-bond donors (Lipinski definition) is 1. The van der Waals surface area contributed by atoms with Crippen LogP contribution in [0.3, 0.4) is 0 Å². The van der Waals surface area contributed by atoms with E-state index in [0.29, 0.717) is 36.0 Å². The molecule has 198 valence electrons. The Labute approximate surface area is 223 Å². The van der Waals surface area contributed by atoms with Crippen molar-refractivity contribution in [1.82, 2.24) is 5.32 Å². The monoisotopic (exact) mass is 546 g/mol. The first-order valence-electron chi connectivity index (χ1n) is 11.8. The molecule has 0 unspecified atom stereocenters. The third-order valence-corrected chi connectivity index (χ3v) is 7.57. The lowest BCUT2D eigenvalue weighted by molar-refractivity contribution is -0.119. The van der Waals surface area contributed by atoms with Crippen LogP contribution in [0.25, 0.3) is 0 Å². The van der Waals surface area contributed by atoms with Crippen LogP contribution in [0.2, 0.25) is 5.02 Å².